The van der Waals surface area contributed by atoms with Gasteiger partial charge in [0.2, 0.25) is 0 Å². The molecule has 2 rings (SSSR count). The van der Waals surface area contributed by atoms with Crippen LogP contribution in [0.4, 0.5) is 0 Å². The van der Waals surface area contributed by atoms with E-state index in [0.717, 1.165) is 30.2 Å². The highest BCUT2D eigenvalue weighted by molar-refractivity contribution is 5.79. The van der Waals surface area contributed by atoms with Crippen molar-refractivity contribution in [3.63, 3.8) is 0 Å². The van der Waals surface area contributed by atoms with Gasteiger partial charge in [-0.2, -0.15) is 0 Å². The van der Waals surface area contributed by atoms with Crippen molar-refractivity contribution in [2.24, 2.45) is 4.99 Å². The van der Waals surface area contributed by atoms with E-state index in [1.54, 1.807) is 13.3 Å². The molecular weight excluding hydrogens is 266 g/mol. The molecule has 1 aromatic heterocycles. The second kappa shape index (κ2) is 8.11. The summed E-state index contributed by atoms with van der Waals surface area (Å²) in [5, 5.41) is 15.4. The van der Waals surface area contributed by atoms with Gasteiger partial charge in [-0.15, -0.1) is 0 Å². The zero-order valence-corrected chi connectivity index (χ0v) is 12.2. The van der Waals surface area contributed by atoms with E-state index >= 15 is 0 Å². The van der Waals surface area contributed by atoms with Crippen molar-refractivity contribution in [1.82, 2.24) is 10.6 Å². The minimum absolute atomic E-state index is 0.0852. The largest absolute Gasteiger partial charge is 0.467 e. The van der Waals surface area contributed by atoms with Crippen LogP contribution < -0.4 is 10.6 Å². The molecule has 0 bridgehead atoms. The van der Waals surface area contributed by atoms with Gasteiger partial charge in [0.25, 0.3) is 0 Å². The predicted octanol–water partition coefficient (Wildman–Crippen LogP) is 1.68. The smallest absolute Gasteiger partial charge is 0.191 e. The molecular formula is C16H21N3O2. The number of aliphatic hydroxyl groups is 1. The highest BCUT2D eigenvalue weighted by Gasteiger charge is 2.00. The van der Waals surface area contributed by atoms with Crippen LogP contribution in [0.1, 0.15) is 16.9 Å². The molecule has 0 fully saturated rings. The molecule has 0 aliphatic heterocycles. The maximum atomic E-state index is 9.00. The minimum atomic E-state index is 0.0852. The molecule has 0 aliphatic carbocycles. The first kappa shape index (κ1) is 15.1. The topological polar surface area (TPSA) is 69.8 Å². The standard InChI is InChI=1S/C16H21N3O2/c1-17-16(19-11-15-3-2-10-21-15)18-9-8-13-4-6-14(12-20)7-5-13/h2-7,10,20H,8-9,11-12H2,1H3,(H2,17,18,19). The Morgan fingerprint density at radius 3 is 2.52 bits per heavy atom. The first-order valence-electron chi connectivity index (χ1n) is 6.97. The number of aliphatic hydroxyl groups excluding tert-OH is 1. The van der Waals surface area contributed by atoms with E-state index in [-0.39, 0.29) is 6.61 Å². The molecule has 1 aromatic carbocycles. The quantitative estimate of drug-likeness (QED) is 0.558. The lowest BCUT2D eigenvalue weighted by Gasteiger charge is -2.11. The summed E-state index contributed by atoms with van der Waals surface area (Å²) in [4.78, 5) is 4.17. The maximum absolute atomic E-state index is 9.00. The van der Waals surface area contributed by atoms with E-state index in [2.05, 4.69) is 15.6 Å². The van der Waals surface area contributed by atoms with E-state index < -0.39 is 0 Å². The van der Waals surface area contributed by atoms with Crippen LogP contribution in [0, 0.1) is 0 Å². The number of hydrogen-bond donors (Lipinski definition) is 3. The number of nitrogens with one attached hydrogen (secondary N) is 2. The fourth-order valence-electron chi connectivity index (χ4n) is 1.94. The number of aliphatic imine (C=N–C) groups is 1. The van der Waals surface area contributed by atoms with Crippen molar-refractivity contribution in [2.45, 2.75) is 19.6 Å². The van der Waals surface area contributed by atoms with Gasteiger partial charge in [-0.3, -0.25) is 4.99 Å². The van der Waals surface area contributed by atoms with Crippen LogP contribution in [0.2, 0.25) is 0 Å². The van der Waals surface area contributed by atoms with E-state index in [1.807, 2.05) is 36.4 Å². The molecule has 3 N–H and O–H groups in total. The molecule has 2 aromatic rings. The lowest BCUT2D eigenvalue weighted by Crippen LogP contribution is -2.37. The minimum Gasteiger partial charge on any atom is -0.467 e. The van der Waals surface area contributed by atoms with Crippen molar-refractivity contribution >= 4 is 5.96 Å². The Bertz CT molecular complexity index is 547. The molecule has 0 saturated carbocycles. The Hall–Kier alpha value is -2.27. The third-order valence-corrected chi connectivity index (χ3v) is 3.15. The second-order valence-corrected chi connectivity index (χ2v) is 4.66. The van der Waals surface area contributed by atoms with Crippen molar-refractivity contribution in [3.8, 4) is 0 Å². The molecule has 0 spiro atoms. The summed E-state index contributed by atoms with van der Waals surface area (Å²) in [7, 11) is 1.74. The highest BCUT2D eigenvalue weighted by Crippen LogP contribution is 2.04. The molecule has 0 radical (unpaired) electrons. The monoisotopic (exact) mass is 287 g/mol. The van der Waals surface area contributed by atoms with E-state index in [9.17, 15) is 0 Å². The van der Waals surface area contributed by atoms with E-state index in [1.165, 1.54) is 5.56 Å². The van der Waals surface area contributed by atoms with Crippen LogP contribution in [0.3, 0.4) is 0 Å². The Kier molecular flexibility index (Phi) is 5.84. The van der Waals surface area contributed by atoms with Gasteiger partial charge in [-0.05, 0) is 29.7 Å². The highest BCUT2D eigenvalue weighted by atomic mass is 16.3. The zero-order chi connectivity index (χ0) is 14.9. The second-order valence-electron chi connectivity index (χ2n) is 4.66. The van der Waals surface area contributed by atoms with E-state index in [4.69, 9.17) is 9.52 Å². The van der Waals surface area contributed by atoms with Crippen LogP contribution in [0.5, 0.6) is 0 Å². The molecule has 5 heteroatoms. The molecule has 0 unspecified atom stereocenters. The molecule has 1 heterocycles. The summed E-state index contributed by atoms with van der Waals surface area (Å²) in [6.45, 7) is 1.48. The maximum Gasteiger partial charge on any atom is 0.191 e. The molecule has 0 atom stereocenters. The average molecular weight is 287 g/mol. The van der Waals surface area contributed by atoms with Gasteiger partial charge in [-0.25, -0.2) is 0 Å². The summed E-state index contributed by atoms with van der Waals surface area (Å²) in [5.74, 6) is 1.62. The van der Waals surface area contributed by atoms with Gasteiger partial charge in [0.15, 0.2) is 5.96 Å². The van der Waals surface area contributed by atoms with Crippen LogP contribution in [-0.2, 0) is 19.6 Å². The molecule has 21 heavy (non-hydrogen) atoms. The lowest BCUT2D eigenvalue weighted by molar-refractivity contribution is 0.282. The molecule has 0 amide bonds. The van der Waals surface area contributed by atoms with E-state index in [0.29, 0.717) is 6.54 Å². The summed E-state index contributed by atoms with van der Waals surface area (Å²) in [6.07, 6.45) is 2.55. The third-order valence-electron chi connectivity index (χ3n) is 3.15. The van der Waals surface area contributed by atoms with Gasteiger partial charge < -0.3 is 20.2 Å². The van der Waals surface area contributed by atoms with Crippen LogP contribution in [0.15, 0.2) is 52.1 Å². The number of hydrogen-bond acceptors (Lipinski definition) is 3. The van der Waals surface area contributed by atoms with Crippen LogP contribution >= 0.6 is 0 Å². The predicted molar refractivity (Wildman–Crippen MR) is 83.0 cm³/mol. The Balaban J connectivity index is 1.72. The summed E-state index contributed by atoms with van der Waals surface area (Å²) >= 11 is 0. The van der Waals surface area contributed by atoms with Crippen molar-refractivity contribution in [1.29, 1.82) is 0 Å². The van der Waals surface area contributed by atoms with Crippen LogP contribution in [-0.4, -0.2) is 24.7 Å². The first-order chi connectivity index (χ1) is 10.3. The Morgan fingerprint density at radius 1 is 1.14 bits per heavy atom. The molecule has 0 saturated heterocycles. The van der Waals surface area contributed by atoms with Crippen molar-refractivity contribution < 1.29 is 9.52 Å². The number of furan rings is 1. The first-order valence-corrected chi connectivity index (χ1v) is 6.97. The normalized spacial score (nSPS) is 11.4. The number of nitrogens with zero attached hydrogens (tertiary/aromatic N) is 1. The number of rotatable bonds is 6. The van der Waals surface area contributed by atoms with Gasteiger partial charge >= 0.3 is 0 Å². The fraction of sp³-hybridized carbons (Fsp3) is 0.312. The summed E-state index contributed by atoms with van der Waals surface area (Å²) in [6, 6.07) is 11.7. The number of benzene rings is 1. The average Bonchev–Trinajstić information content (AvgIpc) is 3.04. The summed E-state index contributed by atoms with van der Waals surface area (Å²) in [5.41, 5.74) is 2.16. The zero-order valence-electron chi connectivity index (χ0n) is 12.2. The van der Waals surface area contributed by atoms with Gasteiger partial charge in [-0.1, -0.05) is 24.3 Å². The van der Waals surface area contributed by atoms with Gasteiger partial charge in [0, 0.05) is 13.6 Å². The third kappa shape index (κ3) is 4.96. The van der Waals surface area contributed by atoms with Gasteiger partial charge in [0.1, 0.15) is 5.76 Å². The van der Waals surface area contributed by atoms with Gasteiger partial charge in [0.05, 0.1) is 19.4 Å². The van der Waals surface area contributed by atoms with Crippen LogP contribution in [0.25, 0.3) is 0 Å². The Morgan fingerprint density at radius 2 is 1.90 bits per heavy atom. The lowest BCUT2D eigenvalue weighted by atomic mass is 10.1. The molecule has 112 valence electrons. The molecule has 5 nitrogen and oxygen atoms in total. The van der Waals surface area contributed by atoms with Crippen molar-refractivity contribution in [3.05, 3.63) is 59.5 Å². The Labute approximate surface area is 124 Å². The number of guanidine groups is 1. The SMILES string of the molecule is CN=C(NCCc1ccc(CO)cc1)NCc1ccco1. The summed E-state index contributed by atoms with van der Waals surface area (Å²) < 4.78 is 5.26. The van der Waals surface area contributed by atoms with Crippen molar-refractivity contribution in [2.75, 3.05) is 13.6 Å². The molecule has 0 aliphatic rings. The fourth-order valence-corrected chi connectivity index (χ4v) is 1.94.